The van der Waals surface area contributed by atoms with E-state index in [0.717, 1.165) is 6.42 Å². The van der Waals surface area contributed by atoms with Crippen molar-refractivity contribution in [3.63, 3.8) is 0 Å². The molecule has 0 atom stereocenters. The van der Waals surface area contributed by atoms with Crippen molar-refractivity contribution in [3.05, 3.63) is 120 Å². The van der Waals surface area contributed by atoms with Crippen LogP contribution in [0.2, 0.25) is 0 Å². The van der Waals surface area contributed by atoms with Gasteiger partial charge in [-0.15, -0.1) is 11.3 Å². The normalized spacial score (nSPS) is 11.9. The topological polar surface area (TPSA) is 0 Å². The molecule has 0 radical (unpaired) electrons. The standard InChI is InChI=1S/C29H20S/c1-3-10-20(11-4-1)24-19-25-23-15-8-7-14-22(23)18-26(25)29(27-16-9-17-30-27)28(24)21-12-5-2-6-13-21/h1-17,19H,18H2. The van der Waals surface area contributed by atoms with Crippen LogP contribution in [0.25, 0.3) is 43.8 Å². The molecule has 0 nitrogen and oxygen atoms in total. The molecule has 0 spiro atoms. The van der Waals surface area contributed by atoms with Crippen LogP contribution in [0.4, 0.5) is 0 Å². The van der Waals surface area contributed by atoms with E-state index in [9.17, 15) is 0 Å². The third-order valence-corrected chi connectivity index (χ3v) is 6.91. The van der Waals surface area contributed by atoms with E-state index in [1.54, 1.807) is 0 Å². The second kappa shape index (κ2) is 7.12. The van der Waals surface area contributed by atoms with Crippen LogP contribution in [0, 0.1) is 0 Å². The average Bonchev–Trinajstić information content (AvgIpc) is 3.47. The minimum atomic E-state index is 0.994. The van der Waals surface area contributed by atoms with E-state index in [1.807, 2.05) is 11.3 Å². The number of hydrogen-bond acceptors (Lipinski definition) is 1. The summed E-state index contributed by atoms with van der Waals surface area (Å²) in [6.07, 6.45) is 0.994. The highest BCUT2D eigenvalue weighted by molar-refractivity contribution is 7.13. The molecule has 0 amide bonds. The van der Waals surface area contributed by atoms with Gasteiger partial charge >= 0.3 is 0 Å². The first-order valence-corrected chi connectivity index (χ1v) is 11.2. The lowest BCUT2D eigenvalue weighted by Gasteiger charge is -2.20. The third-order valence-electron chi connectivity index (χ3n) is 6.02. The summed E-state index contributed by atoms with van der Waals surface area (Å²) >= 11 is 1.83. The van der Waals surface area contributed by atoms with Crippen LogP contribution >= 0.6 is 11.3 Å². The maximum Gasteiger partial charge on any atom is 0.0352 e. The molecule has 1 heteroatoms. The largest absolute Gasteiger partial charge is 0.144 e. The van der Waals surface area contributed by atoms with Crippen molar-refractivity contribution in [2.24, 2.45) is 0 Å². The molecular weight excluding hydrogens is 380 g/mol. The van der Waals surface area contributed by atoms with Crippen LogP contribution < -0.4 is 0 Å². The number of hydrogen-bond donors (Lipinski definition) is 0. The molecule has 0 bridgehead atoms. The van der Waals surface area contributed by atoms with Gasteiger partial charge in [-0.3, -0.25) is 0 Å². The molecule has 142 valence electrons. The van der Waals surface area contributed by atoms with E-state index in [2.05, 4.69) is 109 Å². The highest BCUT2D eigenvalue weighted by Gasteiger charge is 2.27. The lowest BCUT2D eigenvalue weighted by Crippen LogP contribution is -1.95. The predicted molar refractivity (Wildman–Crippen MR) is 129 cm³/mol. The Morgan fingerprint density at radius 2 is 1.23 bits per heavy atom. The minimum Gasteiger partial charge on any atom is -0.144 e. The molecule has 1 heterocycles. The summed E-state index contributed by atoms with van der Waals surface area (Å²) < 4.78 is 0. The molecule has 0 unspecified atom stereocenters. The van der Waals surface area contributed by atoms with E-state index in [4.69, 9.17) is 0 Å². The van der Waals surface area contributed by atoms with Gasteiger partial charge in [0.15, 0.2) is 0 Å². The van der Waals surface area contributed by atoms with Gasteiger partial charge in [0.25, 0.3) is 0 Å². The summed E-state index contributed by atoms with van der Waals surface area (Å²) in [7, 11) is 0. The predicted octanol–water partition coefficient (Wildman–Crippen LogP) is 8.32. The fraction of sp³-hybridized carbons (Fsp3) is 0.0345. The van der Waals surface area contributed by atoms with Gasteiger partial charge in [-0.2, -0.15) is 0 Å². The number of benzene rings is 4. The molecule has 1 aromatic heterocycles. The summed E-state index contributed by atoms with van der Waals surface area (Å²) in [5.41, 5.74) is 12.2. The fourth-order valence-corrected chi connectivity index (χ4v) is 5.52. The van der Waals surface area contributed by atoms with E-state index in [1.165, 1.54) is 54.9 Å². The Balaban J connectivity index is 1.77. The number of fused-ring (bicyclic) bond motifs is 3. The zero-order valence-electron chi connectivity index (χ0n) is 16.5. The zero-order valence-corrected chi connectivity index (χ0v) is 17.3. The number of thiophene rings is 1. The molecule has 0 N–H and O–H groups in total. The zero-order chi connectivity index (χ0) is 19.9. The monoisotopic (exact) mass is 400 g/mol. The van der Waals surface area contributed by atoms with Gasteiger partial charge in [0.1, 0.15) is 0 Å². The van der Waals surface area contributed by atoms with Crippen LogP contribution in [0.3, 0.4) is 0 Å². The van der Waals surface area contributed by atoms with Crippen LogP contribution in [0.1, 0.15) is 11.1 Å². The fourth-order valence-electron chi connectivity index (χ4n) is 4.72. The highest BCUT2D eigenvalue weighted by Crippen LogP contribution is 2.50. The van der Waals surface area contributed by atoms with Crippen molar-refractivity contribution in [2.45, 2.75) is 6.42 Å². The smallest absolute Gasteiger partial charge is 0.0352 e. The first-order chi connectivity index (χ1) is 14.9. The van der Waals surface area contributed by atoms with Gasteiger partial charge < -0.3 is 0 Å². The van der Waals surface area contributed by atoms with Crippen molar-refractivity contribution >= 4 is 11.3 Å². The van der Waals surface area contributed by atoms with Crippen molar-refractivity contribution in [1.82, 2.24) is 0 Å². The maximum absolute atomic E-state index is 2.43. The second-order valence-corrected chi connectivity index (χ2v) is 8.69. The Bertz CT molecular complexity index is 1330. The average molecular weight is 401 g/mol. The SMILES string of the molecule is c1ccc(-c2cc3c(c(-c4cccs4)c2-c2ccccc2)Cc2ccccc2-3)cc1. The molecule has 0 saturated carbocycles. The molecule has 0 aliphatic heterocycles. The molecule has 0 saturated heterocycles. The van der Waals surface area contributed by atoms with Gasteiger partial charge in [-0.1, -0.05) is 91.0 Å². The summed E-state index contributed by atoms with van der Waals surface area (Å²) in [6, 6.07) is 37.4. The Morgan fingerprint density at radius 1 is 0.533 bits per heavy atom. The molecule has 6 rings (SSSR count). The minimum absolute atomic E-state index is 0.994. The van der Waals surface area contributed by atoms with Gasteiger partial charge in [0.2, 0.25) is 0 Å². The van der Waals surface area contributed by atoms with Crippen LogP contribution in [-0.2, 0) is 6.42 Å². The maximum atomic E-state index is 2.43. The lowest BCUT2D eigenvalue weighted by molar-refractivity contribution is 1.27. The van der Waals surface area contributed by atoms with Crippen molar-refractivity contribution in [1.29, 1.82) is 0 Å². The van der Waals surface area contributed by atoms with E-state index in [0.29, 0.717) is 0 Å². The highest BCUT2D eigenvalue weighted by atomic mass is 32.1. The van der Waals surface area contributed by atoms with Gasteiger partial charge in [-0.25, -0.2) is 0 Å². The van der Waals surface area contributed by atoms with Gasteiger partial charge in [0.05, 0.1) is 0 Å². The van der Waals surface area contributed by atoms with E-state index >= 15 is 0 Å². The van der Waals surface area contributed by atoms with Crippen LogP contribution in [0.15, 0.2) is 109 Å². The Morgan fingerprint density at radius 3 is 1.97 bits per heavy atom. The summed E-state index contributed by atoms with van der Waals surface area (Å²) in [5.74, 6) is 0. The number of rotatable bonds is 3. The molecule has 0 fully saturated rings. The van der Waals surface area contributed by atoms with Crippen LogP contribution in [-0.4, -0.2) is 0 Å². The molecule has 1 aliphatic rings. The summed E-state index contributed by atoms with van der Waals surface area (Å²) in [5, 5.41) is 2.19. The Labute approximate surface area is 181 Å². The van der Waals surface area contributed by atoms with Gasteiger partial charge in [0, 0.05) is 10.4 Å². The Hall–Kier alpha value is -3.42. The molecule has 30 heavy (non-hydrogen) atoms. The molecular formula is C29H20S. The van der Waals surface area contributed by atoms with E-state index < -0.39 is 0 Å². The molecule has 1 aliphatic carbocycles. The Kier molecular flexibility index (Phi) is 4.14. The lowest BCUT2D eigenvalue weighted by atomic mass is 9.84. The van der Waals surface area contributed by atoms with Crippen molar-refractivity contribution in [3.8, 4) is 43.8 Å². The third kappa shape index (κ3) is 2.74. The second-order valence-electron chi connectivity index (χ2n) is 7.74. The molecule has 5 aromatic rings. The van der Waals surface area contributed by atoms with Crippen molar-refractivity contribution in [2.75, 3.05) is 0 Å². The van der Waals surface area contributed by atoms with E-state index in [-0.39, 0.29) is 0 Å². The first kappa shape index (κ1) is 17.4. The quantitative estimate of drug-likeness (QED) is 0.280. The van der Waals surface area contributed by atoms with Crippen LogP contribution in [0.5, 0.6) is 0 Å². The first-order valence-electron chi connectivity index (χ1n) is 10.3. The van der Waals surface area contributed by atoms with Gasteiger partial charge in [-0.05, 0) is 68.4 Å². The molecule has 4 aromatic carbocycles. The van der Waals surface area contributed by atoms with Crippen molar-refractivity contribution < 1.29 is 0 Å². The summed E-state index contributed by atoms with van der Waals surface area (Å²) in [4.78, 5) is 1.34. The summed E-state index contributed by atoms with van der Waals surface area (Å²) in [6.45, 7) is 0.